The van der Waals surface area contributed by atoms with Gasteiger partial charge in [0, 0.05) is 29.9 Å². The molecule has 1 aromatic rings. The van der Waals surface area contributed by atoms with Crippen LogP contribution in [0.2, 0.25) is 0 Å². The van der Waals surface area contributed by atoms with E-state index < -0.39 is 21.3 Å². The van der Waals surface area contributed by atoms with Gasteiger partial charge in [-0.25, -0.2) is 16.4 Å². The lowest BCUT2D eigenvalue weighted by atomic mass is 9.93. The van der Waals surface area contributed by atoms with Gasteiger partial charge >= 0.3 is 0 Å². The van der Waals surface area contributed by atoms with Gasteiger partial charge < -0.3 is 38.9 Å². The Kier molecular flexibility index (Phi) is 18.6. The molecule has 1 aliphatic rings. The number of nitrogens with zero attached hydrogens (tertiary/aromatic N) is 4. The van der Waals surface area contributed by atoms with Crippen molar-refractivity contribution >= 4 is 26.9 Å². The van der Waals surface area contributed by atoms with Crippen LogP contribution >= 0.6 is 0 Å². The van der Waals surface area contributed by atoms with Crippen molar-refractivity contribution < 1.29 is 28.8 Å². The van der Waals surface area contributed by atoms with Crippen molar-refractivity contribution in [3.8, 4) is 0 Å². The van der Waals surface area contributed by atoms with Gasteiger partial charge in [-0.1, -0.05) is 26.0 Å². The molecule has 0 aromatic carbocycles. The highest BCUT2D eigenvalue weighted by molar-refractivity contribution is 8.05. The van der Waals surface area contributed by atoms with Crippen LogP contribution < -0.4 is 0 Å². The molecule has 1 N–H and O–H groups in total. The lowest BCUT2D eigenvalue weighted by molar-refractivity contribution is -0.135. The Hall–Kier alpha value is -1.34. The zero-order valence-corrected chi connectivity index (χ0v) is 34.2. The molecule has 3 unspecified atom stereocenters. The van der Waals surface area contributed by atoms with Crippen molar-refractivity contribution in [3.63, 3.8) is 0 Å². The van der Waals surface area contributed by atoms with Gasteiger partial charge in [-0.2, -0.15) is 0 Å². The van der Waals surface area contributed by atoms with Gasteiger partial charge in [0.15, 0.2) is 0 Å². The largest absolute Gasteiger partial charge is 0.422 e. The standard InChI is InChI=1S/C39H73N4O6S/c1-13-39(10,30-49-37(6,7)20-19-35(45)50(11)12)48-27-24-42-28-32(40-41-42)29-46-25-22-38(8,9)47-26-21-36(4,5)43(23-15-16-31(2)3)33-17-14-18-34(33)44/h28,31,33-34,44H,11-27,29-30H2,1-10H3/q-1. The molecule has 1 saturated carbocycles. The first kappa shape index (κ1) is 44.8. The van der Waals surface area contributed by atoms with Crippen LogP contribution in [0.4, 0.5) is 0 Å². The van der Waals surface area contributed by atoms with Crippen LogP contribution in [-0.4, -0.2) is 109 Å². The number of aromatic nitrogens is 3. The highest BCUT2D eigenvalue weighted by atomic mass is 32.2. The summed E-state index contributed by atoms with van der Waals surface area (Å²) in [5, 5.41) is 19.3. The second kappa shape index (κ2) is 20.8. The number of carbonyl (C=O) groups is 1. The van der Waals surface area contributed by atoms with Gasteiger partial charge in [-0.3, -0.25) is 4.90 Å². The normalized spacial score (nSPS) is 18.8. The number of ether oxygens (including phenoxy) is 4. The number of rotatable bonds is 26. The second-order valence-corrected chi connectivity index (χ2v) is 18.2. The molecule has 10 nitrogen and oxygen atoms in total. The van der Waals surface area contributed by atoms with E-state index in [1.165, 1.54) is 6.42 Å². The van der Waals surface area contributed by atoms with Gasteiger partial charge in [-0.05, 0) is 125 Å². The summed E-state index contributed by atoms with van der Waals surface area (Å²) in [6.45, 7) is 25.7. The zero-order valence-electron chi connectivity index (χ0n) is 33.4. The van der Waals surface area contributed by atoms with Crippen LogP contribution in [-0.2, 0) is 47.0 Å². The van der Waals surface area contributed by atoms with Crippen LogP contribution in [0.5, 0.6) is 0 Å². The SMILES string of the molecule is C=[S-](=C)C(=O)CCC(C)(C)OCC(C)(CC)OCCn1cc(COCCC(C)(C)OCCC(C)(C)N(CCCC(C)C)C2CCCC2O)nn1. The van der Waals surface area contributed by atoms with E-state index in [9.17, 15) is 9.90 Å². The van der Waals surface area contributed by atoms with Gasteiger partial charge in [0.05, 0.1) is 55.5 Å². The monoisotopic (exact) mass is 726 g/mol. The Balaban J connectivity index is 1.72. The maximum Gasteiger partial charge on any atom is 0.108 e. The van der Waals surface area contributed by atoms with Gasteiger partial charge in [0.1, 0.15) is 5.69 Å². The van der Waals surface area contributed by atoms with Crippen LogP contribution in [0.1, 0.15) is 139 Å². The predicted molar refractivity (Wildman–Crippen MR) is 208 cm³/mol. The summed E-state index contributed by atoms with van der Waals surface area (Å²) in [6, 6.07) is 0.244. The molecule has 3 atom stereocenters. The summed E-state index contributed by atoms with van der Waals surface area (Å²) in [4.78, 5) is 14.5. The van der Waals surface area contributed by atoms with Crippen molar-refractivity contribution in [1.29, 1.82) is 0 Å². The molecule has 1 aliphatic carbocycles. The van der Waals surface area contributed by atoms with Crippen LogP contribution in [0.25, 0.3) is 0 Å². The molecule has 1 heterocycles. The first-order valence-electron chi connectivity index (χ1n) is 19.0. The first-order chi connectivity index (χ1) is 23.3. The van der Waals surface area contributed by atoms with Crippen molar-refractivity contribution in [2.75, 3.05) is 33.0 Å². The molecule has 1 aromatic heterocycles. The first-order valence-corrected chi connectivity index (χ1v) is 20.5. The fourth-order valence-corrected chi connectivity index (χ4v) is 6.66. The van der Waals surface area contributed by atoms with E-state index in [1.807, 2.05) is 20.0 Å². The molecule has 50 heavy (non-hydrogen) atoms. The van der Waals surface area contributed by atoms with E-state index in [0.29, 0.717) is 58.3 Å². The Morgan fingerprint density at radius 3 is 2.34 bits per heavy atom. The van der Waals surface area contributed by atoms with Crippen molar-refractivity contribution in [2.45, 2.75) is 181 Å². The van der Waals surface area contributed by atoms with E-state index >= 15 is 0 Å². The minimum Gasteiger partial charge on any atom is -0.422 e. The van der Waals surface area contributed by atoms with E-state index in [0.717, 1.165) is 57.2 Å². The zero-order chi connectivity index (χ0) is 37.6. The second-order valence-electron chi connectivity index (χ2n) is 16.8. The summed E-state index contributed by atoms with van der Waals surface area (Å²) in [5.74, 6) is 8.17. The molecule has 0 radical (unpaired) electrons. The van der Waals surface area contributed by atoms with Gasteiger partial charge in [0.25, 0.3) is 0 Å². The number of carbonyl (C=O) groups excluding carboxylic acids is 1. The van der Waals surface area contributed by atoms with Gasteiger partial charge in [-0.15, -0.1) is 5.10 Å². The Labute approximate surface area is 306 Å². The van der Waals surface area contributed by atoms with Crippen LogP contribution in [0.3, 0.4) is 0 Å². The summed E-state index contributed by atoms with van der Waals surface area (Å²) in [7, 11) is -0.706. The highest BCUT2D eigenvalue weighted by Gasteiger charge is 2.38. The van der Waals surface area contributed by atoms with Crippen LogP contribution in [0, 0.1) is 5.92 Å². The Morgan fingerprint density at radius 2 is 1.72 bits per heavy atom. The third kappa shape index (κ3) is 16.6. The van der Waals surface area contributed by atoms with E-state index in [1.54, 1.807) is 4.68 Å². The Morgan fingerprint density at radius 1 is 1.02 bits per heavy atom. The molecule has 0 amide bonds. The maximum atomic E-state index is 12.0. The topological polar surface area (TPSA) is 108 Å². The average molecular weight is 726 g/mol. The molecule has 0 aliphatic heterocycles. The maximum absolute atomic E-state index is 12.0. The molecule has 292 valence electrons. The minimum atomic E-state index is -0.706. The Bertz CT molecular complexity index is 1200. The fraction of sp³-hybridized carbons (Fsp3) is 0.872. The molecule has 1 fully saturated rings. The molecule has 0 bridgehead atoms. The summed E-state index contributed by atoms with van der Waals surface area (Å²) in [6.07, 6.45) is 10.6. The number of aliphatic hydroxyl groups is 1. The third-order valence-corrected chi connectivity index (χ3v) is 11.1. The minimum absolute atomic E-state index is 0.0530. The molecule has 0 saturated heterocycles. The van der Waals surface area contributed by atoms with Crippen molar-refractivity contribution in [1.82, 2.24) is 19.9 Å². The van der Waals surface area contributed by atoms with Gasteiger partial charge in [0.2, 0.25) is 0 Å². The number of hydrogen-bond donors (Lipinski definition) is 1. The smallest absolute Gasteiger partial charge is 0.108 e. The molecule has 2 rings (SSSR count). The van der Waals surface area contributed by atoms with E-state index in [2.05, 4.69) is 82.3 Å². The van der Waals surface area contributed by atoms with E-state index in [-0.39, 0.29) is 28.4 Å². The lowest BCUT2D eigenvalue weighted by Gasteiger charge is -2.44. The van der Waals surface area contributed by atoms with E-state index in [4.69, 9.17) is 18.9 Å². The highest BCUT2D eigenvalue weighted by Crippen LogP contribution is 2.33. The molecular formula is C39H73N4O6S-. The number of aliphatic hydroxyl groups excluding tert-OH is 1. The average Bonchev–Trinajstić information content (AvgIpc) is 3.67. The molecule has 11 heteroatoms. The summed E-state index contributed by atoms with van der Waals surface area (Å²) in [5.41, 5.74) is -0.480. The van der Waals surface area contributed by atoms with Crippen molar-refractivity contribution in [3.05, 3.63) is 11.9 Å². The summed E-state index contributed by atoms with van der Waals surface area (Å²) < 4.78 is 26.6. The summed E-state index contributed by atoms with van der Waals surface area (Å²) >= 11 is 0. The molecular weight excluding hydrogens is 653 g/mol. The van der Waals surface area contributed by atoms with Crippen LogP contribution in [0.15, 0.2) is 6.20 Å². The molecule has 0 spiro atoms. The lowest BCUT2D eigenvalue weighted by Crippen LogP contribution is -2.53. The fourth-order valence-electron chi connectivity index (χ4n) is 6.27. The van der Waals surface area contributed by atoms with Crippen molar-refractivity contribution in [2.24, 2.45) is 5.92 Å². The third-order valence-electron chi connectivity index (χ3n) is 10.2. The quantitative estimate of drug-likeness (QED) is 0.0645. The predicted octanol–water partition coefficient (Wildman–Crippen LogP) is 6.57. The number of hydrogen-bond acceptors (Lipinski definition) is 10.